The molecule has 0 N–H and O–H groups in total. The lowest BCUT2D eigenvalue weighted by molar-refractivity contribution is 0.615. The van der Waals surface area contributed by atoms with Crippen LogP contribution in [0.15, 0.2) is 34.3 Å². The second-order valence-corrected chi connectivity index (χ2v) is 2.93. The van der Waals surface area contributed by atoms with E-state index in [1.807, 2.05) is 0 Å². The van der Waals surface area contributed by atoms with Crippen molar-refractivity contribution < 1.29 is 8.42 Å². The average Bonchev–Trinajstić information content (AvgIpc) is 2.05. The molecule has 0 saturated heterocycles. The molecule has 6 heteroatoms. The molecule has 0 aromatic heterocycles. The van der Waals surface area contributed by atoms with E-state index in [2.05, 4.69) is 10.0 Å². The number of hydrogen-bond acceptors (Lipinski definition) is 3. The van der Waals surface area contributed by atoms with E-state index in [9.17, 15) is 8.42 Å². The van der Waals surface area contributed by atoms with Crippen LogP contribution in [0.3, 0.4) is 0 Å². The van der Waals surface area contributed by atoms with Gasteiger partial charge in [0.1, 0.15) is 0 Å². The highest BCUT2D eigenvalue weighted by molar-refractivity contribution is 7.72. The summed E-state index contributed by atoms with van der Waals surface area (Å²) in [5.41, 5.74) is 8.22. The van der Waals surface area contributed by atoms with Crippen LogP contribution in [0.4, 0.5) is 5.69 Å². The van der Waals surface area contributed by atoms with Gasteiger partial charge in [-0.1, -0.05) is 23.3 Å². The second kappa shape index (κ2) is 3.75. The number of thiol groups is 1. The standard InChI is InChI=1S/C6H5N3O2S/c7-9-8-5-3-1-2-4-6(5)12(10)11/h1-4,12H. The Morgan fingerprint density at radius 2 is 2.00 bits per heavy atom. The Morgan fingerprint density at radius 1 is 1.33 bits per heavy atom. The van der Waals surface area contributed by atoms with E-state index >= 15 is 0 Å². The quantitative estimate of drug-likeness (QED) is 0.327. The molecule has 1 rings (SSSR count). The average molecular weight is 183 g/mol. The van der Waals surface area contributed by atoms with Crippen LogP contribution in [0.5, 0.6) is 0 Å². The van der Waals surface area contributed by atoms with Gasteiger partial charge in [0.2, 0.25) is 0 Å². The number of hydrogen-bond donors (Lipinski definition) is 1. The molecule has 0 spiro atoms. The van der Waals surface area contributed by atoms with E-state index in [1.165, 1.54) is 12.1 Å². The lowest BCUT2D eigenvalue weighted by atomic mass is 10.3. The SMILES string of the molecule is [N-]=[N+]=Nc1ccccc1[SH](=O)=O. The fourth-order valence-electron chi connectivity index (χ4n) is 0.751. The number of azide groups is 1. The first-order valence-electron chi connectivity index (χ1n) is 3.04. The van der Waals surface area contributed by atoms with Crippen molar-refractivity contribution in [1.29, 1.82) is 0 Å². The maximum atomic E-state index is 10.6. The van der Waals surface area contributed by atoms with Crippen LogP contribution in [-0.2, 0) is 10.7 Å². The van der Waals surface area contributed by atoms with Crippen LogP contribution in [0.2, 0.25) is 0 Å². The first-order valence-corrected chi connectivity index (χ1v) is 4.22. The Morgan fingerprint density at radius 3 is 2.58 bits per heavy atom. The van der Waals surface area contributed by atoms with E-state index in [0.717, 1.165) is 0 Å². The molecule has 1 aromatic rings. The summed E-state index contributed by atoms with van der Waals surface area (Å²) in [6.07, 6.45) is 0. The molecule has 0 aliphatic carbocycles. The Labute approximate surface area is 70.2 Å². The molecule has 0 heterocycles. The van der Waals surface area contributed by atoms with Crippen LogP contribution in [0.25, 0.3) is 10.4 Å². The third-order valence-corrected chi connectivity index (χ3v) is 2.00. The molecule has 0 amide bonds. The van der Waals surface area contributed by atoms with Crippen molar-refractivity contribution in [2.45, 2.75) is 4.90 Å². The Hall–Kier alpha value is -1.52. The first-order chi connectivity index (χ1) is 5.75. The van der Waals surface area contributed by atoms with Gasteiger partial charge in [-0.3, -0.25) is 0 Å². The largest absolute Gasteiger partial charge is 0.227 e. The molecule has 0 aliphatic rings. The third-order valence-electron chi connectivity index (χ3n) is 1.23. The van der Waals surface area contributed by atoms with Crippen molar-refractivity contribution >= 4 is 16.4 Å². The second-order valence-electron chi connectivity index (χ2n) is 1.94. The highest BCUT2D eigenvalue weighted by atomic mass is 32.2. The van der Waals surface area contributed by atoms with Crippen LogP contribution in [-0.4, -0.2) is 8.42 Å². The Kier molecular flexibility index (Phi) is 2.68. The van der Waals surface area contributed by atoms with Crippen molar-refractivity contribution in [1.82, 2.24) is 0 Å². The maximum absolute atomic E-state index is 10.6. The van der Waals surface area contributed by atoms with Gasteiger partial charge < -0.3 is 0 Å². The van der Waals surface area contributed by atoms with E-state index < -0.39 is 10.7 Å². The van der Waals surface area contributed by atoms with Gasteiger partial charge in [-0.2, -0.15) is 0 Å². The molecule has 0 radical (unpaired) electrons. The predicted molar refractivity (Wildman–Crippen MR) is 43.8 cm³/mol. The van der Waals surface area contributed by atoms with E-state index in [0.29, 0.717) is 0 Å². The number of benzene rings is 1. The van der Waals surface area contributed by atoms with Gasteiger partial charge in [0.05, 0.1) is 10.6 Å². The minimum atomic E-state index is -2.69. The molecule has 0 aliphatic heterocycles. The lowest BCUT2D eigenvalue weighted by Gasteiger charge is -1.93. The number of nitrogens with zero attached hydrogens (tertiary/aromatic N) is 3. The third kappa shape index (κ3) is 1.75. The van der Waals surface area contributed by atoms with Crippen molar-refractivity contribution in [3.05, 3.63) is 34.7 Å². The summed E-state index contributed by atoms with van der Waals surface area (Å²) in [6.45, 7) is 0. The summed E-state index contributed by atoms with van der Waals surface area (Å²) in [5, 5.41) is 3.22. The highest BCUT2D eigenvalue weighted by Crippen LogP contribution is 2.19. The maximum Gasteiger partial charge on any atom is 0.168 e. The fourth-order valence-corrected chi connectivity index (χ4v) is 1.27. The van der Waals surface area contributed by atoms with Crippen LogP contribution in [0.1, 0.15) is 0 Å². The minimum Gasteiger partial charge on any atom is -0.227 e. The van der Waals surface area contributed by atoms with E-state index in [4.69, 9.17) is 5.53 Å². The van der Waals surface area contributed by atoms with Gasteiger partial charge in [0.15, 0.2) is 10.7 Å². The van der Waals surface area contributed by atoms with Gasteiger partial charge >= 0.3 is 0 Å². The topological polar surface area (TPSA) is 82.9 Å². The van der Waals surface area contributed by atoms with Gasteiger partial charge in [-0.05, 0) is 11.6 Å². The minimum absolute atomic E-state index is 0.0466. The predicted octanol–water partition coefficient (Wildman–Crippen LogP) is 1.60. The van der Waals surface area contributed by atoms with E-state index in [-0.39, 0.29) is 10.6 Å². The van der Waals surface area contributed by atoms with Crippen LogP contribution in [0, 0.1) is 0 Å². The zero-order valence-corrected chi connectivity index (χ0v) is 6.81. The molecule has 0 atom stereocenters. The zero-order valence-electron chi connectivity index (χ0n) is 5.91. The van der Waals surface area contributed by atoms with E-state index in [1.54, 1.807) is 12.1 Å². The smallest absolute Gasteiger partial charge is 0.168 e. The molecule has 0 fully saturated rings. The summed E-state index contributed by atoms with van der Waals surface area (Å²) in [7, 11) is -2.69. The summed E-state index contributed by atoms with van der Waals surface area (Å²) in [5.74, 6) is 0. The van der Waals surface area contributed by atoms with Gasteiger partial charge in [-0.15, -0.1) is 0 Å². The van der Waals surface area contributed by atoms with Gasteiger partial charge in [-0.25, -0.2) is 8.42 Å². The molecule has 0 saturated carbocycles. The van der Waals surface area contributed by atoms with Crippen molar-refractivity contribution in [3.63, 3.8) is 0 Å². The van der Waals surface area contributed by atoms with Gasteiger partial charge in [0.25, 0.3) is 0 Å². The van der Waals surface area contributed by atoms with Crippen molar-refractivity contribution in [2.75, 3.05) is 0 Å². The van der Waals surface area contributed by atoms with Gasteiger partial charge in [0, 0.05) is 4.91 Å². The van der Waals surface area contributed by atoms with Crippen LogP contribution < -0.4 is 0 Å². The Balaban J connectivity index is 3.36. The monoisotopic (exact) mass is 183 g/mol. The van der Waals surface area contributed by atoms with Crippen molar-refractivity contribution in [2.24, 2.45) is 5.11 Å². The fraction of sp³-hybridized carbons (Fsp3) is 0. The zero-order chi connectivity index (χ0) is 8.97. The summed E-state index contributed by atoms with van der Waals surface area (Å²) < 4.78 is 21.1. The number of rotatable bonds is 2. The lowest BCUT2D eigenvalue weighted by Crippen LogP contribution is -1.78. The summed E-state index contributed by atoms with van der Waals surface area (Å²) in [6, 6.07) is 6.00. The Bertz CT molecular complexity index is 399. The molecule has 1 aromatic carbocycles. The molecule has 12 heavy (non-hydrogen) atoms. The molecule has 0 unspecified atom stereocenters. The normalized spacial score (nSPS) is 9.42. The highest BCUT2D eigenvalue weighted by Gasteiger charge is 1.99. The van der Waals surface area contributed by atoms with Crippen molar-refractivity contribution in [3.8, 4) is 0 Å². The molecule has 5 nitrogen and oxygen atoms in total. The summed E-state index contributed by atoms with van der Waals surface area (Å²) in [4.78, 5) is 2.55. The first kappa shape index (κ1) is 8.58. The molecule has 62 valence electrons. The molecule has 0 bridgehead atoms. The molecular formula is C6H5N3O2S. The summed E-state index contributed by atoms with van der Waals surface area (Å²) >= 11 is 0. The van der Waals surface area contributed by atoms with Crippen LogP contribution >= 0.6 is 0 Å². The molecular weight excluding hydrogens is 178 g/mol.